The van der Waals surface area contributed by atoms with Gasteiger partial charge < -0.3 is 4.90 Å². The summed E-state index contributed by atoms with van der Waals surface area (Å²) >= 11 is 6.12. The van der Waals surface area contributed by atoms with E-state index < -0.39 is 10.0 Å². The first kappa shape index (κ1) is 19.8. The number of sulfonamides is 1. The zero-order chi connectivity index (χ0) is 19.6. The maximum absolute atomic E-state index is 13.3. The smallest absolute Gasteiger partial charge is 0.253 e. The fourth-order valence-electron chi connectivity index (χ4n) is 3.10. The number of amides is 1. The molecular weight excluding hydrogens is 391 g/mol. The van der Waals surface area contributed by atoms with Crippen molar-refractivity contribution in [3.05, 3.63) is 64.4 Å². The van der Waals surface area contributed by atoms with Crippen LogP contribution >= 0.6 is 11.6 Å². The molecule has 0 aromatic heterocycles. The summed E-state index contributed by atoms with van der Waals surface area (Å²) in [4.78, 5) is 14.1. The number of benzene rings is 2. The first-order valence-corrected chi connectivity index (χ1v) is 10.4. The molecule has 1 saturated heterocycles. The minimum absolute atomic E-state index is 0.0592. The van der Waals surface area contributed by atoms with Gasteiger partial charge in [-0.25, -0.2) is 12.8 Å². The second-order valence-corrected chi connectivity index (χ2v) is 8.86. The highest BCUT2D eigenvalue weighted by atomic mass is 35.5. The molecule has 0 spiro atoms. The third-order valence-corrected chi connectivity index (χ3v) is 6.90. The van der Waals surface area contributed by atoms with Crippen LogP contribution < -0.4 is 0 Å². The van der Waals surface area contributed by atoms with Gasteiger partial charge in [0, 0.05) is 32.2 Å². The van der Waals surface area contributed by atoms with Gasteiger partial charge in [-0.2, -0.15) is 4.31 Å². The fourth-order valence-corrected chi connectivity index (χ4v) is 5.12. The van der Waals surface area contributed by atoms with Crippen LogP contribution in [0.4, 0.5) is 4.39 Å². The highest BCUT2D eigenvalue weighted by molar-refractivity contribution is 7.89. The Morgan fingerprint density at radius 1 is 1.19 bits per heavy atom. The van der Waals surface area contributed by atoms with Crippen molar-refractivity contribution < 1.29 is 17.6 Å². The lowest BCUT2D eigenvalue weighted by Crippen LogP contribution is -2.29. The van der Waals surface area contributed by atoms with E-state index in [4.69, 9.17) is 11.6 Å². The Labute approximate surface area is 163 Å². The van der Waals surface area contributed by atoms with Crippen molar-refractivity contribution in [2.75, 3.05) is 20.1 Å². The largest absolute Gasteiger partial charge is 0.337 e. The molecular formula is C19H20ClFN2O3S. The van der Waals surface area contributed by atoms with E-state index in [0.29, 0.717) is 18.7 Å². The highest BCUT2D eigenvalue weighted by Gasteiger charge is 2.30. The summed E-state index contributed by atoms with van der Waals surface area (Å²) in [5.41, 5.74) is 0.862. The van der Waals surface area contributed by atoms with Crippen LogP contribution in [0.5, 0.6) is 0 Å². The number of rotatable bonds is 5. The monoisotopic (exact) mass is 410 g/mol. The molecule has 1 fully saturated rings. The van der Waals surface area contributed by atoms with E-state index in [0.717, 1.165) is 12.8 Å². The summed E-state index contributed by atoms with van der Waals surface area (Å²) in [6.45, 7) is 1.11. The molecule has 0 N–H and O–H groups in total. The third-order valence-electron chi connectivity index (χ3n) is 4.52. The van der Waals surface area contributed by atoms with Crippen molar-refractivity contribution in [1.29, 1.82) is 0 Å². The maximum atomic E-state index is 13.3. The third kappa shape index (κ3) is 4.31. The van der Waals surface area contributed by atoms with E-state index in [1.807, 2.05) is 0 Å². The van der Waals surface area contributed by atoms with Crippen LogP contribution in [0.25, 0.3) is 0 Å². The number of nitrogens with zero attached hydrogens (tertiary/aromatic N) is 2. The van der Waals surface area contributed by atoms with Gasteiger partial charge in [0.15, 0.2) is 0 Å². The molecule has 1 heterocycles. The van der Waals surface area contributed by atoms with E-state index in [2.05, 4.69) is 0 Å². The molecule has 5 nitrogen and oxygen atoms in total. The van der Waals surface area contributed by atoms with E-state index in [9.17, 15) is 17.6 Å². The van der Waals surface area contributed by atoms with Crippen molar-refractivity contribution in [3.63, 3.8) is 0 Å². The fraction of sp³-hybridized carbons (Fsp3) is 0.316. The van der Waals surface area contributed by atoms with Crippen LogP contribution in [0.3, 0.4) is 0 Å². The average Bonchev–Trinajstić information content (AvgIpc) is 3.17. The maximum Gasteiger partial charge on any atom is 0.253 e. The number of hydrogen-bond donors (Lipinski definition) is 0. The van der Waals surface area contributed by atoms with E-state index in [1.54, 1.807) is 19.2 Å². The van der Waals surface area contributed by atoms with Gasteiger partial charge >= 0.3 is 0 Å². The molecule has 0 atom stereocenters. The quantitative estimate of drug-likeness (QED) is 0.757. The van der Waals surface area contributed by atoms with Gasteiger partial charge in [-0.1, -0.05) is 23.7 Å². The zero-order valence-corrected chi connectivity index (χ0v) is 16.4. The Morgan fingerprint density at radius 2 is 1.89 bits per heavy atom. The molecule has 1 amide bonds. The van der Waals surface area contributed by atoms with Crippen LogP contribution in [0.2, 0.25) is 5.02 Å². The molecule has 8 heteroatoms. The lowest BCUT2D eigenvalue weighted by Gasteiger charge is -2.20. The molecule has 1 aliphatic rings. The average molecular weight is 411 g/mol. The summed E-state index contributed by atoms with van der Waals surface area (Å²) in [6.07, 6.45) is 1.62. The van der Waals surface area contributed by atoms with Crippen molar-refractivity contribution in [1.82, 2.24) is 9.21 Å². The standard InChI is InChI=1S/C19H20ClFN2O3S/c1-22(13-14-5-4-6-16(21)11-14)19(24)15-7-8-17(20)18(12-15)27(25,26)23-9-2-3-10-23/h4-8,11-12H,2-3,9-10,13H2,1H3. The summed E-state index contributed by atoms with van der Waals surface area (Å²) in [6, 6.07) is 10.2. The summed E-state index contributed by atoms with van der Waals surface area (Å²) in [5, 5.41) is 0.0891. The number of hydrogen-bond acceptors (Lipinski definition) is 3. The molecule has 0 saturated carbocycles. The van der Waals surface area contributed by atoms with Crippen molar-refractivity contribution in [3.8, 4) is 0 Å². The van der Waals surface area contributed by atoms with Gasteiger partial charge in [-0.05, 0) is 48.7 Å². The summed E-state index contributed by atoms with van der Waals surface area (Å²) in [5.74, 6) is -0.743. The van der Waals surface area contributed by atoms with Gasteiger partial charge in [0.05, 0.1) is 5.02 Å². The van der Waals surface area contributed by atoms with Gasteiger partial charge in [0.2, 0.25) is 10.0 Å². The molecule has 144 valence electrons. The SMILES string of the molecule is CN(Cc1cccc(F)c1)C(=O)c1ccc(Cl)c(S(=O)(=O)N2CCCC2)c1. The van der Waals surface area contributed by atoms with Crippen molar-refractivity contribution in [2.24, 2.45) is 0 Å². The molecule has 0 aliphatic carbocycles. The van der Waals surface area contributed by atoms with Gasteiger partial charge in [-0.15, -0.1) is 0 Å². The van der Waals surface area contributed by atoms with Gasteiger partial charge in [-0.3, -0.25) is 4.79 Å². The molecule has 27 heavy (non-hydrogen) atoms. The van der Waals surface area contributed by atoms with Crippen LogP contribution in [-0.2, 0) is 16.6 Å². The number of carbonyl (C=O) groups is 1. The van der Waals surface area contributed by atoms with Crippen LogP contribution in [0, 0.1) is 5.82 Å². The molecule has 1 aliphatic heterocycles. The first-order chi connectivity index (χ1) is 12.8. The lowest BCUT2D eigenvalue weighted by molar-refractivity contribution is 0.0784. The lowest BCUT2D eigenvalue weighted by atomic mass is 10.1. The van der Waals surface area contributed by atoms with Crippen molar-refractivity contribution in [2.45, 2.75) is 24.3 Å². The van der Waals surface area contributed by atoms with Crippen LogP contribution in [0.1, 0.15) is 28.8 Å². The highest BCUT2D eigenvalue weighted by Crippen LogP contribution is 2.28. The zero-order valence-electron chi connectivity index (χ0n) is 14.9. The summed E-state index contributed by atoms with van der Waals surface area (Å²) in [7, 11) is -2.15. The second-order valence-electron chi connectivity index (χ2n) is 6.55. The van der Waals surface area contributed by atoms with E-state index >= 15 is 0 Å². The summed E-state index contributed by atoms with van der Waals surface area (Å²) < 4.78 is 40.3. The molecule has 0 radical (unpaired) electrons. The van der Waals surface area contributed by atoms with Crippen LogP contribution in [-0.4, -0.2) is 43.7 Å². The Morgan fingerprint density at radius 3 is 2.56 bits per heavy atom. The first-order valence-electron chi connectivity index (χ1n) is 8.58. The van der Waals surface area contributed by atoms with Crippen LogP contribution in [0.15, 0.2) is 47.4 Å². The van der Waals surface area contributed by atoms with E-state index in [1.165, 1.54) is 39.5 Å². The number of halogens is 2. The molecule has 0 bridgehead atoms. The molecule has 2 aromatic rings. The second kappa shape index (κ2) is 7.96. The Kier molecular flexibility index (Phi) is 5.83. The minimum Gasteiger partial charge on any atom is -0.337 e. The van der Waals surface area contributed by atoms with Gasteiger partial charge in [0.25, 0.3) is 5.91 Å². The predicted octanol–water partition coefficient (Wildman–Crippen LogP) is 3.54. The molecule has 0 unspecified atom stereocenters. The Balaban J connectivity index is 1.85. The predicted molar refractivity (Wildman–Crippen MR) is 102 cm³/mol. The normalized spacial score (nSPS) is 15.1. The number of carbonyl (C=O) groups excluding carboxylic acids is 1. The molecule has 2 aromatic carbocycles. The van der Waals surface area contributed by atoms with E-state index in [-0.39, 0.29) is 33.8 Å². The van der Waals surface area contributed by atoms with Gasteiger partial charge in [0.1, 0.15) is 10.7 Å². The Bertz CT molecular complexity index is 959. The van der Waals surface area contributed by atoms with Crippen molar-refractivity contribution >= 4 is 27.5 Å². The topological polar surface area (TPSA) is 57.7 Å². The minimum atomic E-state index is -3.73. The Hall–Kier alpha value is -1.96. The molecule has 3 rings (SSSR count).